The smallest absolute Gasteiger partial charge is 0.338 e. The quantitative estimate of drug-likeness (QED) is 0.467. The molecule has 0 unspecified atom stereocenters. The monoisotopic (exact) mass is 368 g/mol. The fourth-order valence-corrected chi connectivity index (χ4v) is 3.58. The maximum atomic E-state index is 12.9. The highest BCUT2D eigenvalue weighted by Gasteiger charge is 2.28. The number of ketones is 1. The Labute approximate surface area is 153 Å². The van der Waals surface area contributed by atoms with Crippen molar-refractivity contribution in [3.63, 3.8) is 0 Å². The highest BCUT2D eigenvalue weighted by Crippen LogP contribution is 2.46. The molecule has 0 amide bonds. The molecule has 0 saturated heterocycles. The van der Waals surface area contributed by atoms with Crippen molar-refractivity contribution in [1.29, 1.82) is 5.26 Å². The van der Waals surface area contributed by atoms with E-state index < -0.39 is 24.2 Å². The number of thioether (sulfide) groups is 1. The predicted octanol–water partition coefficient (Wildman–Crippen LogP) is 3.53. The summed E-state index contributed by atoms with van der Waals surface area (Å²) in [6.07, 6.45) is 0. The summed E-state index contributed by atoms with van der Waals surface area (Å²) in [7, 11) is 1.77. The van der Waals surface area contributed by atoms with E-state index >= 15 is 0 Å². The van der Waals surface area contributed by atoms with Crippen LogP contribution in [0, 0.1) is 17.1 Å². The molecule has 26 heavy (non-hydrogen) atoms. The second-order valence-electron chi connectivity index (χ2n) is 5.43. The SMILES string of the molecule is CN1/C(=C(\C#N)C(=O)COC(=O)c2ccc(F)cc2)Sc2ccccc21. The van der Waals surface area contributed by atoms with Gasteiger partial charge in [0.1, 0.15) is 22.5 Å². The first-order valence-electron chi connectivity index (χ1n) is 7.62. The predicted molar refractivity (Wildman–Crippen MR) is 95.0 cm³/mol. The lowest BCUT2D eigenvalue weighted by molar-refractivity contribution is -0.118. The second-order valence-corrected chi connectivity index (χ2v) is 6.46. The fraction of sp³-hybridized carbons (Fsp3) is 0.105. The van der Waals surface area contributed by atoms with E-state index in [1.54, 1.807) is 11.9 Å². The summed E-state index contributed by atoms with van der Waals surface area (Å²) in [4.78, 5) is 27.0. The summed E-state index contributed by atoms with van der Waals surface area (Å²) in [6.45, 7) is -0.562. The van der Waals surface area contributed by atoms with E-state index in [4.69, 9.17) is 4.74 Å². The third kappa shape index (κ3) is 3.46. The number of benzene rings is 2. The molecular weight excluding hydrogens is 355 g/mol. The van der Waals surface area contributed by atoms with Crippen LogP contribution in [0.3, 0.4) is 0 Å². The molecule has 1 aliphatic rings. The number of carbonyl (C=O) groups is 2. The molecule has 5 nitrogen and oxygen atoms in total. The lowest BCUT2D eigenvalue weighted by Crippen LogP contribution is -2.20. The summed E-state index contributed by atoms with van der Waals surface area (Å²) in [5.74, 6) is -1.82. The van der Waals surface area contributed by atoms with Gasteiger partial charge in [0.15, 0.2) is 6.61 Å². The molecular formula is C19H13FN2O3S. The number of nitriles is 1. The zero-order valence-electron chi connectivity index (χ0n) is 13.7. The van der Waals surface area contributed by atoms with Crippen LogP contribution in [0.1, 0.15) is 10.4 Å². The molecule has 1 aliphatic heterocycles. The molecule has 3 rings (SSSR count). The van der Waals surface area contributed by atoms with Gasteiger partial charge in [-0.3, -0.25) is 4.79 Å². The molecule has 0 atom stereocenters. The van der Waals surface area contributed by atoms with Crippen molar-refractivity contribution >= 4 is 29.2 Å². The zero-order chi connectivity index (χ0) is 18.7. The van der Waals surface area contributed by atoms with Crippen LogP contribution in [0.4, 0.5) is 10.1 Å². The number of anilines is 1. The maximum absolute atomic E-state index is 12.9. The van der Waals surface area contributed by atoms with E-state index in [1.807, 2.05) is 30.3 Å². The van der Waals surface area contributed by atoms with Gasteiger partial charge in [-0.05, 0) is 36.4 Å². The number of esters is 1. The Morgan fingerprint density at radius 2 is 1.88 bits per heavy atom. The molecule has 0 bridgehead atoms. The molecule has 1 heterocycles. The number of rotatable bonds is 4. The van der Waals surface area contributed by atoms with Crippen molar-refractivity contribution in [2.24, 2.45) is 0 Å². The van der Waals surface area contributed by atoms with Crippen LogP contribution in [0.15, 0.2) is 64.0 Å². The number of nitrogens with zero attached hydrogens (tertiary/aromatic N) is 2. The Hall–Kier alpha value is -3.11. The minimum Gasteiger partial charge on any atom is -0.454 e. The molecule has 130 valence electrons. The standard InChI is InChI=1S/C19H13FN2O3S/c1-22-15-4-2-3-5-17(15)26-18(22)14(10-21)16(23)11-25-19(24)12-6-8-13(20)9-7-12/h2-9H,11H2,1H3/b18-14-. The molecule has 0 N–H and O–H groups in total. The number of Topliss-reactive ketones (excluding diaryl/α,β-unsaturated/α-hetero) is 1. The van der Waals surface area contributed by atoms with Gasteiger partial charge >= 0.3 is 5.97 Å². The number of halogens is 1. The third-order valence-corrected chi connectivity index (χ3v) is 4.99. The fourth-order valence-electron chi connectivity index (χ4n) is 2.42. The summed E-state index contributed by atoms with van der Waals surface area (Å²) in [5, 5.41) is 9.91. The first-order chi connectivity index (χ1) is 12.5. The first kappa shape index (κ1) is 17.7. The second kappa shape index (κ2) is 7.42. The average molecular weight is 368 g/mol. The van der Waals surface area contributed by atoms with Crippen molar-refractivity contribution in [3.05, 3.63) is 70.5 Å². The lowest BCUT2D eigenvalue weighted by Gasteiger charge is -2.14. The Kier molecular flexibility index (Phi) is 5.05. The Balaban J connectivity index is 1.73. The van der Waals surface area contributed by atoms with Gasteiger partial charge in [0, 0.05) is 11.9 Å². The Morgan fingerprint density at radius 3 is 2.54 bits per heavy atom. The Morgan fingerprint density at radius 1 is 1.19 bits per heavy atom. The van der Waals surface area contributed by atoms with Crippen LogP contribution in [0.2, 0.25) is 0 Å². The summed E-state index contributed by atoms with van der Waals surface area (Å²) in [5.41, 5.74) is 0.960. The number of ether oxygens (including phenoxy) is 1. The van der Waals surface area contributed by atoms with Gasteiger partial charge in [0.2, 0.25) is 5.78 Å². The highest BCUT2D eigenvalue weighted by molar-refractivity contribution is 8.03. The van der Waals surface area contributed by atoms with Crippen molar-refractivity contribution in [3.8, 4) is 6.07 Å². The van der Waals surface area contributed by atoms with Crippen LogP contribution >= 0.6 is 11.8 Å². The van der Waals surface area contributed by atoms with Crippen LogP contribution in [0.5, 0.6) is 0 Å². The van der Waals surface area contributed by atoms with E-state index in [2.05, 4.69) is 0 Å². The Bertz CT molecular complexity index is 948. The van der Waals surface area contributed by atoms with Gasteiger partial charge in [-0.25, -0.2) is 9.18 Å². The number of hydrogen-bond acceptors (Lipinski definition) is 6. The van der Waals surface area contributed by atoms with E-state index in [0.717, 1.165) is 22.7 Å². The largest absolute Gasteiger partial charge is 0.454 e. The van der Waals surface area contributed by atoms with Crippen LogP contribution in [-0.4, -0.2) is 25.4 Å². The summed E-state index contributed by atoms with van der Waals surface area (Å²) < 4.78 is 17.8. The average Bonchev–Trinajstić information content (AvgIpc) is 2.98. The van der Waals surface area contributed by atoms with Gasteiger partial charge < -0.3 is 9.64 Å². The third-order valence-electron chi connectivity index (χ3n) is 3.76. The van der Waals surface area contributed by atoms with Crippen molar-refractivity contribution in [2.75, 3.05) is 18.6 Å². The van der Waals surface area contributed by atoms with Gasteiger partial charge in [-0.15, -0.1) is 0 Å². The molecule has 0 aliphatic carbocycles. The topological polar surface area (TPSA) is 70.4 Å². The number of carbonyl (C=O) groups excluding carboxylic acids is 2. The normalized spacial score (nSPS) is 14.4. The maximum Gasteiger partial charge on any atom is 0.338 e. The van der Waals surface area contributed by atoms with Gasteiger partial charge in [0.05, 0.1) is 11.3 Å². The van der Waals surface area contributed by atoms with Crippen LogP contribution < -0.4 is 4.90 Å². The number of para-hydroxylation sites is 1. The highest BCUT2D eigenvalue weighted by atomic mass is 32.2. The van der Waals surface area contributed by atoms with E-state index in [9.17, 15) is 19.2 Å². The van der Waals surface area contributed by atoms with Gasteiger partial charge in [-0.2, -0.15) is 5.26 Å². The molecule has 7 heteroatoms. The van der Waals surface area contributed by atoms with Gasteiger partial charge in [0.25, 0.3) is 0 Å². The lowest BCUT2D eigenvalue weighted by atomic mass is 10.2. The summed E-state index contributed by atoms with van der Waals surface area (Å²) in [6, 6.07) is 14.2. The van der Waals surface area contributed by atoms with E-state index in [1.165, 1.54) is 23.9 Å². The molecule has 0 spiro atoms. The van der Waals surface area contributed by atoms with Gasteiger partial charge in [-0.1, -0.05) is 23.9 Å². The van der Waals surface area contributed by atoms with Crippen LogP contribution in [0.25, 0.3) is 0 Å². The minimum absolute atomic E-state index is 0.0689. The number of fused-ring (bicyclic) bond motifs is 1. The van der Waals surface area contributed by atoms with E-state index in [-0.39, 0.29) is 11.1 Å². The first-order valence-corrected chi connectivity index (χ1v) is 8.44. The van der Waals surface area contributed by atoms with E-state index in [0.29, 0.717) is 5.03 Å². The molecule has 0 aromatic heterocycles. The number of hydrogen-bond donors (Lipinski definition) is 0. The molecule has 0 radical (unpaired) electrons. The van der Waals surface area contributed by atoms with Crippen molar-refractivity contribution in [1.82, 2.24) is 0 Å². The molecule has 2 aromatic rings. The van der Waals surface area contributed by atoms with Crippen molar-refractivity contribution in [2.45, 2.75) is 4.90 Å². The van der Waals surface area contributed by atoms with Crippen molar-refractivity contribution < 1.29 is 18.7 Å². The zero-order valence-corrected chi connectivity index (χ0v) is 14.5. The molecule has 0 saturated carbocycles. The minimum atomic E-state index is -0.753. The molecule has 0 fully saturated rings. The van der Waals surface area contributed by atoms with Crippen LogP contribution in [-0.2, 0) is 9.53 Å². The molecule has 2 aromatic carbocycles. The summed E-state index contributed by atoms with van der Waals surface area (Å²) >= 11 is 1.32.